The molecule has 0 spiro atoms. The van der Waals surface area contributed by atoms with Crippen molar-refractivity contribution in [2.75, 3.05) is 0 Å². The van der Waals surface area contributed by atoms with E-state index in [0.29, 0.717) is 5.56 Å². The molecule has 2 N–H and O–H groups in total. The second-order valence-electron chi connectivity index (χ2n) is 5.72. The van der Waals surface area contributed by atoms with Crippen LogP contribution in [0.25, 0.3) is 0 Å². The van der Waals surface area contributed by atoms with E-state index >= 15 is 0 Å². The van der Waals surface area contributed by atoms with Crippen molar-refractivity contribution < 1.29 is 19.8 Å². The lowest BCUT2D eigenvalue weighted by molar-refractivity contribution is -0.144. The molecule has 1 unspecified atom stereocenters. The van der Waals surface area contributed by atoms with Crippen LogP contribution < -0.4 is 0 Å². The fourth-order valence-electron chi connectivity index (χ4n) is 2.81. The highest BCUT2D eigenvalue weighted by molar-refractivity contribution is 5.82. The van der Waals surface area contributed by atoms with Gasteiger partial charge in [0.25, 0.3) is 0 Å². The van der Waals surface area contributed by atoms with E-state index in [2.05, 4.69) is 0 Å². The first-order valence-corrected chi connectivity index (χ1v) is 7.01. The maximum Gasteiger partial charge on any atom is 0.313 e. The number of aryl methyl sites for hydroxylation is 2. The lowest BCUT2D eigenvalue weighted by atomic mass is 9.76. The summed E-state index contributed by atoms with van der Waals surface area (Å²) in [6.45, 7) is 1.61. The van der Waals surface area contributed by atoms with Crippen molar-refractivity contribution >= 4 is 11.9 Å². The maximum atomic E-state index is 11.6. The zero-order valence-electron chi connectivity index (χ0n) is 11.7. The molecule has 0 saturated carbocycles. The number of fused-ring (bicyclic) bond motifs is 1. The first-order chi connectivity index (χ1) is 9.43. The molecule has 4 nitrogen and oxygen atoms in total. The first-order valence-electron chi connectivity index (χ1n) is 7.01. The molecule has 4 heteroatoms. The Morgan fingerprint density at radius 2 is 1.80 bits per heavy atom. The lowest BCUT2D eigenvalue weighted by Crippen LogP contribution is -2.33. The van der Waals surface area contributed by atoms with Crippen LogP contribution in [0.15, 0.2) is 18.2 Å². The highest BCUT2D eigenvalue weighted by Crippen LogP contribution is 2.33. The van der Waals surface area contributed by atoms with E-state index in [1.54, 1.807) is 6.92 Å². The fraction of sp³-hybridized carbons (Fsp3) is 0.500. The van der Waals surface area contributed by atoms with E-state index in [9.17, 15) is 14.7 Å². The van der Waals surface area contributed by atoms with Gasteiger partial charge in [-0.3, -0.25) is 9.59 Å². The predicted octanol–water partition coefficient (Wildman–Crippen LogP) is 2.77. The summed E-state index contributed by atoms with van der Waals surface area (Å²) in [5, 5.41) is 18.3. The minimum atomic E-state index is -1.13. The third-order valence-electron chi connectivity index (χ3n) is 4.30. The molecule has 20 heavy (non-hydrogen) atoms. The zero-order chi connectivity index (χ0) is 14.8. The zero-order valence-corrected chi connectivity index (χ0v) is 11.7. The van der Waals surface area contributed by atoms with E-state index < -0.39 is 17.4 Å². The predicted molar refractivity (Wildman–Crippen MR) is 74.9 cm³/mol. The van der Waals surface area contributed by atoms with Gasteiger partial charge >= 0.3 is 11.9 Å². The Bertz CT molecular complexity index is 535. The monoisotopic (exact) mass is 276 g/mol. The molecule has 1 atom stereocenters. The minimum absolute atomic E-state index is 0.108. The average molecular weight is 276 g/mol. The van der Waals surface area contributed by atoms with E-state index in [-0.39, 0.29) is 12.8 Å². The van der Waals surface area contributed by atoms with Crippen LogP contribution in [0.4, 0.5) is 0 Å². The van der Waals surface area contributed by atoms with Crippen molar-refractivity contribution in [2.24, 2.45) is 0 Å². The Labute approximate surface area is 118 Å². The quantitative estimate of drug-likeness (QED) is 0.867. The van der Waals surface area contributed by atoms with Crippen LogP contribution in [0.2, 0.25) is 0 Å². The van der Waals surface area contributed by atoms with E-state index in [0.717, 1.165) is 19.3 Å². The molecule has 108 valence electrons. The van der Waals surface area contributed by atoms with Gasteiger partial charge in [0.1, 0.15) is 0 Å². The number of aliphatic carboxylic acids is 2. The number of carbonyl (C=O) groups is 2. The second kappa shape index (κ2) is 5.65. The Morgan fingerprint density at radius 1 is 1.15 bits per heavy atom. The summed E-state index contributed by atoms with van der Waals surface area (Å²) in [6.07, 6.45) is 4.32. The molecular weight excluding hydrogens is 256 g/mol. The molecule has 0 aliphatic heterocycles. The molecule has 0 fully saturated rings. The number of hydrogen-bond donors (Lipinski definition) is 2. The van der Waals surface area contributed by atoms with Crippen LogP contribution in [-0.4, -0.2) is 22.2 Å². The van der Waals surface area contributed by atoms with E-state index in [4.69, 9.17) is 5.11 Å². The van der Waals surface area contributed by atoms with Crippen LogP contribution >= 0.6 is 0 Å². The molecule has 2 rings (SSSR count). The summed E-state index contributed by atoms with van der Waals surface area (Å²) in [5.41, 5.74) is 2.10. The van der Waals surface area contributed by atoms with Gasteiger partial charge in [-0.2, -0.15) is 0 Å². The van der Waals surface area contributed by atoms with Gasteiger partial charge in [0.15, 0.2) is 0 Å². The first kappa shape index (κ1) is 14.6. The number of hydrogen-bond acceptors (Lipinski definition) is 2. The molecule has 1 aromatic rings. The number of rotatable bonds is 5. The molecule has 0 heterocycles. The summed E-state index contributed by atoms with van der Waals surface area (Å²) >= 11 is 0. The van der Waals surface area contributed by atoms with E-state index in [1.165, 1.54) is 17.5 Å². The molecule has 0 radical (unpaired) electrons. The van der Waals surface area contributed by atoms with E-state index in [1.807, 2.05) is 18.2 Å². The Morgan fingerprint density at radius 3 is 2.40 bits per heavy atom. The molecular formula is C16H20O4. The second-order valence-corrected chi connectivity index (χ2v) is 5.72. The summed E-state index contributed by atoms with van der Waals surface area (Å²) in [5.74, 6) is -1.93. The van der Waals surface area contributed by atoms with Gasteiger partial charge in [0.2, 0.25) is 0 Å². The molecule has 0 aromatic heterocycles. The topological polar surface area (TPSA) is 74.6 Å². The Hall–Kier alpha value is -1.84. The lowest BCUT2D eigenvalue weighted by Gasteiger charge is -2.27. The van der Waals surface area contributed by atoms with Crippen molar-refractivity contribution in [3.63, 3.8) is 0 Å². The average Bonchev–Trinajstić information content (AvgIpc) is 2.44. The summed E-state index contributed by atoms with van der Waals surface area (Å²) in [4.78, 5) is 22.3. The fourth-order valence-corrected chi connectivity index (χ4v) is 2.81. The van der Waals surface area contributed by atoms with Gasteiger partial charge in [-0.1, -0.05) is 18.2 Å². The van der Waals surface area contributed by atoms with Crippen LogP contribution in [0, 0.1) is 0 Å². The van der Waals surface area contributed by atoms with Crippen molar-refractivity contribution in [1.29, 1.82) is 0 Å². The molecule has 1 aliphatic rings. The van der Waals surface area contributed by atoms with Crippen molar-refractivity contribution in [3.8, 4) is 0 Å². The van der Waals surface area contributed by atoms with Crippen molar-refractivity contribution in [2.45, 2.75) is 50.9 Å². The normalized spacial score (nSPS) is 17.1. The maximum absolute atomic E-state index is 11.6. The minimum Gasteiger partial charge on any atom is -0.481 e. The van der Waals surface area contributed by atoms with Crippen molar-refractivity contribution in [1.82, 2.24) is 0 Å². The smallest absolute Gasteiger partial charge is 0.313 e. The van der Waals surface area contributed by atoms with Crippen LogP contribution in [0.1, 0.15) is 49.3 Å². The standard InChI is InChI=1S/C16H20O4/c1-16(15(19)20,9-8-14(17)18)13-7-6-11-4-2-3-5-12(11)10-13/h6-7,10H,2-5,8-9H2,1H3,(H,17,18)(H,19,20). The van der Waals surface area contributed by atoms with Gasteiger partial charge in [-0.15, -0.1) is 0 Å². The third-order valence-corrected chi connectivity index (χ3v) is 4.30. The SMILES string of the molecule is CC(CCC(=O)O)(C(=O)O)c1ccc2c(c1)CCCC2. The molecule has 1 aromatic carbocycles. The largest absolute Gasteiger partial charge is 0.481 e. The van der Waals surface area contributed by atoms with Gasteiger partial charge < -0.3 is 10.2 Å². The van der Waals surface area contributed by atoms with Crippen LogP contribution in [-0.2, 0) is 27.8 Å². The number of benzene rings is 1. The molecule has 0 saturated heterocycles. The van der Waals surface area contributed by atoms with Crippen LogP contribution in [0.3, 0.4) is 0 Å². The van der Waals surface area contributed by atoms with Gasteiger partial charge in [-0.25, -0.2) is 0 Å². The number of carboxylic acids is 2. The summed E-state index contributed by atoms with van der Waals surface area (Å²) in [7, 11) is 0. The van der Waals surface area contributed by atoms with Gasteiger partial charge in [0.05, 0.1) is 5.41 Å². The van der Waals surface area contributed by atoms with Crippen molar-refractivity contribution in [3.05, 3.63) is 34.9 Å². The Balaban J connectivity index is 2.33. The highest BCUT2D eigenvalue weighted by atomic mass is 16.4. The van der Waals surface area contributed by atoms with Crippen LogP contribution in [0.5, 0.6) is 0 Å². The summed E-state index contributed by atoms with van der Waals surface area (Å²) in [6, 6.07) is 5.82. The van der Waals surface area contributed by atoms with Gasteiger partial charge in [0, 0.05) is 6.42 Å². The van der Waals surface area contributed by atoms with Gasteiger partial charge in [-0.05, 0) is 55.7 Å². The number of carboxylic acid groups (broad SMARTS) is 2. The molecule has 1 aliphatic carbocycles. The third kappa shape index (κ3) is 2.84. The summed E-state index contributed by atoms with van der Waals surface area (Å²) < 4.78 is 0. The molecule has 0 bridgehead atoms. The highest BCUT2D eigenvalue weighted by Gasteiger charge is 2.36. The Kier molecular flexibility index (Phi) is 4.12. The molecule has 0 amide bonds.